The highest BCUT2D eigenvalue weighted by Crippen LogP contribution is 2.20. The van der Waals surface area contributed by atoms with Crippen molar-refractivity contribution in [2.45, 2.75) is 6.42 Å². The molecule has 0 spiro atoms. The maximum absolute atomic E-state index is 9.76. The third-order valence-electron chi connectivity index (χ3n) is 3.02. The van der Waals surface area contributed by atoms with E-state index in [1.165, 1.54) is 0 Å². The van der Waals surface area contributed by atoms with Crippen molar-refractivity contribution in [1.29, 1.82) is 0 Å². The number of benzene rings is 2. The fourth-order valence-electron chi connectivity index (χ4n) is 2.06. The Bertz CT molecular complexity index is 691. The first-order valence-electron chi connectivity index (χ1n) is 5.94. The summed E-state index contributed by atoms with van der Waals surface area (Å²) in [6.45, 7) is 0. The van der Waals surface area contributed by atoms with Crippen molar-refractivity contribution in [3.05, 3.63) is 71.9 Å². The molecule has 18 heavy (non-hydrogen) atoms. The van der Waals surface area contributed by atoms with Gasteiger partial charge in [-0.1, -0.05) is 42.5 Å². The zero-order valence-corrected chi connectivity index (χ0v) is 9.88. The summed E-state index contributed by atoms with van der Waals surface area (Å²) in [6, 6.07) is 19.5. The van der Waals surface area contributed by atoms with Crippen LogP contribution in [0.1, 0.15) is 11.3 Å². The summed E-state index contributed by atoms with van der Waals surface area (Å²) < 4.78 is 0. The second-order valence-electron chi connectivity index (χ2n) is 4.30. The predicted octanol–water partition coefficient (Wildman–Crippen LogP) is 3.53. The molecule has 0 aliphatic carbocycles. The Morgan fingerprint density at radius 1 is 0.833 bits per heavy atom. The van der Waals surface area contributed by atoms with Crippen LogP contribution < -0.4 is 0 Å². The number of phenols is 1. The van der Waals surface area contributed by atoms with Crippen molar-refractivity contribution in [3.63, 3.8) is 0 Å². The topological polar surface area (TPSA) is 33.1 Å². The van der Waals surface area contributed by atoms with Gasteiger partial charge in [-0.25, -0.2) is 0 Å². The standard InChI is InChI=1S/C16H13NO/c18-16-8-4-2-6-13(16)11-14-10-9-12-5-1-3-7-15(12)17-14/h1-10,18H,11H2. The number of aromatic nitrogens is 1. The van der Waals surface area contributed by atoms with Crippen LogP contribution in [0.5, 0.6) is 5.75 Å². The molecule has 0 saturated heterocycles. The van der Waals surface area contributed by atoms with Gasteiger partial charge in [0.2, 0.25) is 0 Å². The molecule has 0 amide bonds. The SMILES string of the molecule is Oc1ccccc1Cc1ccc2ccccc2n1. The number of para-hydroxylation sites is 2. The van der Waals surface area contributed by atoms with Crippen LogP contribution in [-0.4, -0.2) is 10.1 Å². The van der Waals surface area contributed by atoms with E-state index >= 15 is 0 Å². The summed E-state index contributed by atoms with van der Waals surface area (Å²) in [7, 11) is 0. The minimum Gasteiger partial charge on any atom is -0.508 e. The van der Waals surface area contributed by atoms with Crippen LogP contribution in [0.4, 0.5) is 0 Å². The van der Waals surface area contributed by atoms with Gasteiger partial charge in [0.25, 0.3) is 0 Å². The van der Waals surface area contributed by atoms with Gasteiger partial charge >= 0.3 is 0 Å². The average molecular weight is 235 g/mol. The predicted molar refractivity (Wildman–Crippen MR) is 72.7 cm³/mol. The van der Waals surface area contributed by atoms with Crippen molar-refractivity contribution in [1.82, 2.24) is 4.98 Å². The smallest absolute Gasteiger partial charge is 0.119 e. The molecule has 0 fully saturated rings. The normalized spacial score (nSPS) is 10.7. The lowest BCUT2D eigenvalue weighted by atomic mass is 10.1. The van der Waals surface area contributed by atoms with Gasteiger partial charge < -0.3 is 5.11 Å². The van der Waals surface area contributed by atoms with Crippen LogP contribution in [0.25, 0.3) is 10.9 Å². The molecule has 0 saturated carbocycles. The van der Waals surface area contributed by atoms with Crippen molar-refractivity contribution in [3.8, 4) is 5.75 Å². The van der Waals surface area contributed by atoms with Gasteiger partial charge in [-0.15, -0.1) is 0 Å². The number of fused-ring (bicyclic) bond motifs is 1. The van der Waals surface area contributed by atoms with E-state index in [0.717, 1.165) is 22.2 Å². The summed E-state index contributed by atoms with van der Waals surface area (Å²) in [6.07, 6.45) is 0.650. The molecule has 2 heteroatoms. The van der Waals surface area contributed by atoms with Crippen LogP contribution in [-0.2, 0) is 6.42 Å². The van der Waals surface area contributed by atoms with Gasteiger partial charge in [0, 0.05) is 17.5 Å². The highest BCUT2D eigenvalue weighted by Gasteiger charge is 2.03. The van der Waals surface area contributed by atoms with Gasteiger partial charge in [-0.3, -0.25) is 4.98 Å². The van der Waals surface area contributed by atoms with Crippen LogP contribution in [0.15, 0.2) is 60.7 Å². The highest BCUT2D eigenvalue weighted by molar-refractivity contribution is 5.78. The van der Waals surface area contributed by atoms with Gasteiger partial charge in [0.1, 0.15) is 5.75 Å². The molecule has 1 heterocycles. The molecular weight excluding hydrogens is 222 g/mol. The second-order valence-corrected chi connectivity index (χ2v) is 4.30. The van der Waals surface area contributed by atoms with E-state index in [4.69, 9.17) is 0 Å². The van der Waals surface area contributed by atoms with Crippen molar-refractivity contribution < 1.29 is 5.11 Å². The summed E-state index contributed by atoms with van der Waals surface area (Å²) in [4.78, 5) is 4.60. The van der Waals surface area contributed by atoms with E-state index in [1.54, 1.807) is 6.07 Å². The van der Waals surface area contributed by atoms with E-state index in [-0.39, 0.29) is 0 Å². The quantitative estimate of drug-likeness (QED) is 0.737. The van der Waals surface area contributed by atoms with Crippen LogP contribution in [0.3, 0.4) is 0 Å². The summed E-state index contributed by atoms with van der Waals surface area (Å²) in [5, 5.41) is 10.9. The fourth-order valence-corrected chi connectivity index (χ4v) is 2.06. The van der Waals surface area contributed by atoms with Crippen LogP contribution in [0, 0.1) is 0 Å². The lowest BCUT2D eigenvalue weighted by molar-refractivity contribution is 0.469. The first kappa shape index (κ1) is 10.8. The Balaban J connectivity index is 1.98. The monoisotopic (exact) mass is 235 g/mol. The average Bonchev–Trinajstić information content (AvgIpc) is 2.41. The summed E-state index contributed by atoms with van der Waals surface area (Å²) >= 11 is 0. The lowest BCUT2D eigenvalue weighted by Crippen LogP contribution is -1.93. The van der Waals surface area contributed by atoms with Gasteiger partial charge in [0.15, 0.2) is 0 Å². The van der Waals surface area contributed by atoms with Crippen molar-refractivity contribution >= 4 is 10.9 Å². The Hall–Kier alpha value is -2.35. The molecule has 0 unspecified atom stereocenters. The third-order valence-corrected chi connectivity index (χ3v) is 3.02. The molecule has 88 valence electrons. The van der Waals surface area contributed by atoms with E-state index in [1.807, 2.05) is 48.5 Å². The molecule has 3 aromatic rings. The fraction of sp³-hybridized carbons (Fsp3) is 0.0625. The van der Waals surface area contributed by atoms with E-state index in [2.05, 4.69) is 11.1 Å². The first-order chi connectivity index (χ1) is 8.83. The van der Waals surface area contributed by atoms with E-state index in [9.17, 15) is 5.11 Å². The maximum atomic E-state index is 9.76. The summed E-state index contributed by atoms with van der Waals surface area (Å²) in [5.74, 6) is 0.326. The highest BCUT2D eigenvalue weighted by atomic mass is 16.3. The molecule has 2 nitrogen and oxygen atoms in total. The zero-order chi connectivity index (χ0) is 12.4. The number of hydrogen-bond acceptors (Lipinski definition) is 2. The minimum atomic E-state index is 0.326. The largest absolute Gasteiger partial charge is 0.508 e. The zero-order valence-electron chi connectivity index (χ0n) is 9.88. The van der Waals surface area contributed by atoms with Crippen LogP contribution >= 0.6 is 0 Å². The first-order valence-corrected chi connectivity index (χ1v) is 5.94. The molecular formula is C16H13NO. The number of hydrogen-bond donors (Lipinski definition) is 1. The molecule has 1 aromatic heterocycles. The Morgan fingerprint density at radius 3 is 2.50 bits per heavy atom. The maximum Gasteiger partial charge on any atom is 0.119 e. The molecule has 2 aromatic carbocycles. The summed E-state index contributed by atoms with van der Waals surface area (Å²) in [5.41, 5.74) is 2.86. The Labute approximate surface area is 106 Å². The molecule has 1 N–H and O–H groups in total. The third kappa shape index (κ3) is 2.05. The van der Waals surface area contributed by atoms with Crippen molar-refractivity contribution in [2.24, 2.45) is 0 Å². The van der Waals surface area contributed by atoms with Gasteiger partial charge in [0.05, 0.1) is 5.52 Å². The molecule has 0 aliphatic rings. The number of aromatic hydroxyl groups is 1. The van der Waals surface area contributed by atoms with E-state index < -0.39 is 0 Å². The number of pyridine rings is 1. The molecule has 0 atom stereocenters. The lowest BCUT2D eigenvalue weighted by Gasteiger charge is -2.05. The molecule has 0 bridgehead atoms. The Kier molecular flexibility index (Phi) is 2.69. The van der Waals surface area contributed by atoms with Crippen molar-refractivity contribution in [2.75, 3.05) is 0 Å². The van der Waals surface area contributed by atoms with Gasteiger partial charge in [-0.05, 0) is 23.8 Å². The van der Waals surface area contributed by atoms with Gasteiger partial charge in [-0.2, -0.15) is 0 Å². The molecule has 0 aliphatic heterocycles. The minimum absolute atomic E-state index is 0.326. The molecule has 0 radical (unpaired) electrons. The van der Waals surface area contributed by atoms with Crippen LogP contribution in [0.2, 0.25) is 0 Å². The van der Waals surface area contributed by atoms with E-state index in [0.29, 0.717) is 12.2 Å². The Morgan fingerprint density at radius 2 is 1.61 bits per heavy atom. The second kappa shape index (κ2) is 4.49. The molecule has 3 rings (SSSR count). The number of phenolic OH excluding ortho intramolecular Hbond substituents is 1. The number of nitrogens with zero attached hydrogens (tertiary/aromatic N) is 1. The number of rotatable bonds is 2.